The number of halogens is 2. The zero-order chi connectivity index (χ0) is 27.3. The minimum atomic E-state index is -2.01. The van der Waals surface area contributed by atoms with E-state index in [-0.39, 0.29) is 35.4 Å². The molecule has 38 heavy (non-hydrogen) atoms. The monoisotopic (exact) mass is 548 g/mol. The molecule has 0 radical (unpaired) electrons. The quantitative estimate of drug-likeness (QED) is 0.570. The van der Waals surface area contributed by atoms with Crippen LogP contribution in [0.25, 0.3) is 0 Å². The first-order chi connectivity index (χ1) is 17.8. The highest BCUT2D eigenvalue weighted by Gasteiger charge is 2.75. The number of thiophene rings is 1. The topological polar surface area (TPSA) is 82.1 Å². The molecule has 0 spiro atoms. The number of carbonyl (C=O) groups excluding carboxylic acids is 2. The first-order valence-corrected chi connectivity index (χ1v) is 14.2. The second kappa shape index (κ2) is 8.61. The van der Waals surface area contributed by atoms with Crippen LogP contribution in [0.3, 0.4) is 0 Å². The third-order valence-electron chi connectivity index (χ3n) is 9.66. The molecule has 0 aromatic carbocycles. The number of Topliss-reactive ketones (excluding diaryl/α,β-unsaturated/α-hetero) is 1. The van der Waals surface area contributed by atoms with Gasteiger partial charge in [0.25, 0.3) is 0 Å². The van der Waals surface area contributed by atoms with Gasteiger partial charge in [0.2, 0.25) is 0 Å². The fourth-order valence-corrected chi connectivity index (χ4v) is 8.65. The van der Waals surface area contributed by atoms with E-state index in [1.807, 2.05) is 20.8 Å². The minimum absolute atomic E-state index is 0.0108. The van der Waals surface area contributed by atoms with Gasteiger partial charge in [0.05, 0.1) is 22.7 Å². The van der Waals surface area contributed by atoms with Crippen molar-refractivity contribution in [2.45, 2.75) is 88.7 Å². The molecule has 6 nitrogen and oxygen atoms in total. The zero-order valence-electron chi connectivity index (χ0n) is 22.0. The van der Waals surface area contributed by atoms with Gasteiger partial charge in [0, 0.05) is 17.3 Å². The summed E-state index contributed by atoms with van der Waals surface area (Å²) >= 11 is 1.15. The van der Waals surface area contributed by atoms with Crippen LogP contribution >= 0.6 is 11.3 Å². The molecule has 1 aromatic heterocycles. The molecule has 1 aliphatic heterocycles. The van der Waals surface area contributed by atoms with Crippen molar-refractivity contribution in [3.05, 3.63) is 45.9 Å². The number of aliphatic hydroxyl groups is 1. The highest BCUT2D eigenvalue weighted by Crippen LogP contribution is 2.68. The predicted molar refractivity (Wildman–Crippen MR) is 136 cm³/mol. The molecule has 4 fully saturated rings. The fraction of sp³-hybridized carbons (Fsp3) is 0.655. The summed E-state index contributed by atoms with van der Waals surface area (Å²) in [6.07, 6.45) is 2.64. The maximum absolute atomic E-state index is 17.4. The largest absolute Gasteiger partial charge is 0.390 e. The lowest BCUT2D eigenvalue weighted by molar-refractivity contribution is -0.205. The third-order valence-corrected chi connectivity index (χ3v) is 10.6. The summed E-state index contributed by atoms with van der Waals surface area (Å²) < 4.78 is 50.4. The average Bonchev–Trinajstić information content (AvgIpc) is 3.51. The van der Waals surface area contributed by atoms with Gasteiger partial charge in [0.15, 0.2) is 29.1 Å². The van der Waals surface area contributed by atoms with Gasteiger partial charge in [-0.05, 0) is 82.9 Å². The van der Waals surface area contributed by atoms with Crippen molar-refractivity contribution < 1.29 is 37.7 Å². The minimum Gasteiger partial charge on any atom is -0.390 e. The molecule has 4 aliphatic carbocycles. The van der Waals surface area contributed by atoms with Gasteiger partial charge in [-0.1, -0.05) is 11.6 Å². The van der Waals surface area contributed by atoms with E-state index < -0.39 is 58.4 Å². The standard InChI is InChI=1S/C29H34F2O6S/c1-26(2,3)35-14-22(34)28-19-13-21(33)29(31)18(6-5-15-11-16(32)7-9-27(15,29)4)17(19)12-23(28)36-25(37-28)24-20(30)8-10-38-24/h7-11,17-19,21,23,25,33H,5-6,12-14H2,1-4H3/t17-,18-,19?,21-,23+,25+,27-,28+,29-/m0/s1. The van der Waals surface area contributed by atoms with Crippen LogP contribution in [0.1, 0.15) is 64.5 Å². The lowest BCUT2D eigenvalue weighted by atomic mass is 9.48. The molecule has 5 aliphatic rings. The van der Waals surface area contributed by atoms with E-state index in [0.29, 0.717) is 24.8 Å². The molecular weight excluding hydrogens is 514 g/mol. The number of ketones is 2. The maximum Gasteiger partial charge on any atom is 0.197 e. The van der Waals surface area contributed by atoms with Crippen LogP contribution < -0.4 is 0 Å². The van der Waals surface area contributed by atoms with Crippen LogP contribution in [0.5, 0.6) is 0 Å². The van der Waals surface area contributed by atoms with Crippen molar-refractivity contribution in [1.82, 2.24) is 0 Å². The van der Waals surface area contributed by atoms with Crippen LogP contribution in [0.4, 0.5) is 8.78 Å². The molecule has 9 atom stereocenters. The first kappa shape index (κ1) is 26.4. The van der Waals surface area contributed by atoms with Gasteiger partial charge < -0.3 is 19.3 Å². The molecular formula is C29H34F2O6S. The van der Waals surface area contributed by atoms with Gasteiger partial charge in [-0.15, -0.1) is 11.3 Å². The zero-order valence-corrected chi connectivity index (χ0v) is 22.9. The number of hydrogen-bond donors (Lipinski definition) is 1. The van der Waals surface area contributed by atoms with E-state index in [2.05, 4.69) is 0 Å². The second-order valence-corrected chi connectivity index (χ2v) is 13.6. The molecule has 1 saturated heterocycles. The van der Waals surface area contributed by atoms with Crippen LogP contribution in [0.15, 0.2) is 35.2 Å². The van der Waals surface area contributed by atoms with Crippen molar-refractivity contribution >= 4 is 22.9 Å². The van der Waals surface area contributed by atoms with Gasteiger partial charge in [-0.25, -0.2) is 8.78 Å². The Morgan fingerprint density at radius 1 is 1.29 bits per heavy atom. The van der Waals surface area contributed by atoms with Gasteiger partial charge in [-0.2, -0.15) is 0 Å². The highest BCUT2D eigenvalue weighted by atomic mass is 32.1. The molecule has 206 valence electrons. The van der Waals surface area contributed by atoms with Crippen LogP contribution in [-0.2, 0) is 23.8 Å². The Morgan fingerprint density at radius 3 is 2.74 bits per heavy atom. The van der Waals surface area contributed by atoms with Crippen molar-refractivity contribution in [2.75, 3.05) is 6.61 Å². The van der Waals surface area contributed by atoms with E-state index in [4.69, 9.17) is 14.2 Å². The molecule has 1 unspecified atom stereocenters. The van der Waals surface area contributed by atoms with Crippen LogP contribution in [0.2, 0.25) is 0 Å². The van der Waals surface area contributed by atoms with Crippen molar-refractivity contribution in [3.8, 4) is 0 Å². The number of rotatable bonds is 4. The average molecular weight is 549 g/mol. The number of carbonyl (C=O) groups is 2. The van der Waals surface area contributed by atoms with E-state index in [9.17, 15) is 19.1 Å². The van der Waals surface area contributed by atoms with Crippen molar-refractivity contribution in [1.29, 1.82) is 0 Å². The van der Waals surface area contributed by atoms with E-state index in [1.165, 1.54) is 18.2 Å². The molecule has 0 bridgehead atoms. The van der Waals surface area contributed by atoms with Gasteiger partial charge in [0.1, 0.15) is 12.4 Å². The molecule has 2 heterocycles. The summed E-state index contributed by atoms with van der Waals surface area (Å²) in [6.45, 7) is 7.07. The molecule has 1 aromatic rings. The Bertz CT molecular complexity index is 1230. The number of allylic oxidation sites excluding steroid dienone is 4. The number of ether oxygens (including phenoxy) is 3. The Labute approximate surface area is 225 Å². The van der Waals surface area contributed by atoms with Gasteiger partial charge in [-0.3, -0.25) is 9.59 Å². The summed E-state index contributed by atoms with van der Waals surface area (Å²) in [5.41, 5.74) is -4.49. The van der Waals surface area contributed by atoms with Gasteiger partial charge >= 0.3 is 0 Å². The van der Waals surface area contributed by atoms with E-state index in [0.717, 1.165) is 11.3 Å². The number of fused-ring (bicyclic) bond motifs is 7. The second-order valence-electron chi connectivity index (χ2n) is 12.6. The Hall–Kier alpha value is -1.78. The van der Waals surface area contributed by atoms with Crippen LogP contribution in [-0.4, -0.2) is 52.4 Å². The Balaban J connectivity index is 1.39. The summed E-state index contributed by atoms with van der Waals surface area (Å²) in [4.78, 5) is 26.3. The lowest BCUT2D eigenvalue weighted by Crippen LogP contribution is -2.66. The number of alkyl halides is 1. The summed E-state index contributed by atoms with van der Waals surface area (Å²) in [5.74, 6) is -2.35. The smallest absolute Gasteiger partial charge is 0.197 e. The summed E-state index contributed by atoms with van der Waals surface area (Å²) in [6, 6.07) is 1.33. The maximum atomic E-state index is 17.4. The predicted octanol–water partition coefficient (Wildman–Crippen LogP) is 5.01. The summed E-state index contributed by atoms with van der Waals surface area (Å²) in [5, 5.41) is 13.1. The molecule has 0 amide bonds. The normalized spacial score (nSPS) is 43.8. The third kappa shape index (κ3) is 3.54. The highest BCUT2D eigenvalue weighted by molar-refractivity contribution is 7.10. The molecule has 3 saturated carbocycles. The molecule has 1 N–H and O–H groups in total. The van der Waals surface area contributed by atoms with Crippen molar-refractivity contribution in [2.24, 2.45) is 23.2 Å². The summed E-state index contributed by atoms with van der Waals surface area (Å²) in [7, 11) is 0. The van der Waals surface area contributed by atoms with E-state index in [1.54, 1.807) is 18.4 Å². The first-order valence-electron chi connectivity index (χ1n) is 13.4. The number of aliphatic hydroxyl groups excluding tert-OH is 1. The Kier molecular flexibility index (Phi) is 5.99. The molecule has 9 heteroatoms. The lowest BCUT2D eigenvalue weighted by Gasteiger charge is -2.59. The molecule has 6 rings (SSSR count). The van der Waals surface area contributed by atoms with E-state index >= 15 is 4.39 Å². The van der Waals surface area contributed by atoms with Crippen LogP contribution in [0, 0.1) is 29.0 Å². The Morgan fingerprint density at radius 2 is 2.05 bits per heavy atom. The number of hydrogen-bond acceptors (Lipinski definition) is 7. The fourth-order valence-electron chi connectivity index (χ4n) is 7.92. The SMILES string of the molecule is CC(C)(C)OCC(=O)[C@@]12O[C@H](c3sccc3F)O[C@@H]1C[C@@H]1C2C[C@H](O)[C@@]2(F)[C@H]1CCC1=CC(=O)C=C[C@@]12C. The van der Waals surface area contributed by atoms with Crippen molar-refractivity contribution in [3.63, 3.8) is 0 Å².